The highest BCUT2D eigenvalue weighted by molar-refractivity contribution is 5.68. The summed E-state index contributed by atoms with van der Waals surface area (Å²) in [5, 5.41) is 14.3. The van der Waals surface area contributed by atoms with Crippen LogP contribution in [0.15, 0.2) is 18.2 Å². The molecule has 116 valence electrons. The zero-order chi connectivity index (χ0) is 15.2. The maximum absolute atomic E-state index is 11.2. The number of piperazine rings is 1. The Balaban J connectivity index is 1.92. The molecule has 1 aromatic rings. The minimum absolute atomic E-state index is 0.00150. The van der Waals surface area contributed by atoms with Gasteiger partial charge in [-0.2, -0.15) is 0 Å². The number of hydrogen-bond acceptors (Lipinski definition) is 6. The van der Waals surface area contributed by atoms with E-state index in [1.807, 2.05) is 0 Å². The Labute approximate surface area is 124 Å². The van der Waals surface area contributed by atoms with E-state index in [1.165, 1.54) is 7.11 Å². The van der Waals surface area contributed by atoms with E-state index in [0.29, 0.717) is 12.2 Å². The van der Waals surface area contributed by atoms with E-state index < -0.39 is 4.92 Å². The zero-order valence-corrected chi connectivity index (χ0v) is 12.5. The molecule has 1 aromatic carbocycles. The predicted molar refractivity (Wildman–Crippen MR) is 82.1 cm³/mol. The van der Waals surface area contributed by atoms with E-state index in [0.717, 1.165) is 32.7 Å². The number of likely N-dealkylation sites (N-methyl/N-ethyl adjacent to an activating group) is 1. The Kier molecular flexibility index (Phi) is 5.35. The SMILES string of the molecule is COc1cccc(NCCN2CCN(C)CC2)c1[N+](=O)[O-]. The van der Waals surface area contributed by atoms with Gasteiger partial charge in [-0.1, -0.05) is 6.07 Å². The summed E-state index contributed by atoms with van der Waals surface area (Å²) < 4.78 is 5.06. The molecule has 0 spiro atoms. The number of nitro benzene ring substituents is 1. The smallest absolute Gasteiger partial charge is 0.333 e. The minimum Gasteiger partial charge on any atom is -0.490 e. The molecule has 0 saturated carbocycles. The lowest BCUT2D eigenvalue weighted by Crippen LogP contribution is -2.45. The van der Waals surface area contributed by atoms with E-state index in [1.54, 1.807) is 18.2 Å². The summed E-state index contributed by atoms with van der Waals surface area (Å²) in [5.41, 5.74) is 0.506. The van der Waals surface area contributed by atoms with Gasteiger partial charge in [0.1, 0.15) is 5.69 Å². The molecule has 1 saturated heterocycles. The van der Waals surface area contributed by atoms with Crippen LogP contribution in [0.4, 0.5) is 11.4 Å². The molecule has 0 bridgehead atoms. The van der Waals surface area contributed by atoms with Gasteiger partial charge in [0.2, 0.25) is 0 Å². The van der Waals surface area contributed by atoms with Crippen LogP contribution in [0.25, 0.3) is 0 Å². The molecule has 0 aromatic heterocycles. The van der Waals surface area contributed by atoms with Gasteiger partial charge in [-0.25, -0.2) is 0 Å². The van der Waals surface area contributed by atoms with Gasteiger partial charge in [0, 0.05) is 39.3 Å². The summed E-state index contributed by atoms with van der Waals surface area (Å²) in [6, 6.07) is 5.07. The molecule has 1 heterocycles. The average Bonchev–Trinajstić information content (AvgIpc) is 2.48. The number of nitrogens with one attached hydrogen (secondary N) is 1. The maximum Gasteiger partial charge on any atom is 0.333 e. The van der Waals surface area contributed by atoms with Gasteiger partial charge in [0.15, 0.2) is 5.75 Å². The molecule has 0 amide bonds. The molecule has 0 unspecified atom stereocenters. The lowest BCUT2D eigenvalue weighted by atomic mass is 10.2. The number of nitro groups is 1. The van der Waals surface area contributed by atoms with Crippen molar-refractivity contribution in [3.8, 4) is 5.75 Å². The number of ether oxygens (including phenoxy) is 1. The second kappa shape index (κ2) is 7.24. The standard InChI is InChI=1S/C14H22N4O3/c1-16-8-10-17(11-9-16)7-6-15-12-4-3-5-13(21-2)14(12)18(19)20/h3-5,15H,6-11H2,1-2H3. The van der Waals surface area contributed by atoms with E-state index in [-0.39, 0.29) is 11.4 Å². The lowest BCUT2D eigenvalue weighted by molar-refractivity contribution is -0.384. The third-order valence-corrected chi connectivity index (χ3v) is 3.74. The fraction of sp³-hybridized carbons (Fsp3) is 0.571. The van der Waals surface area contributed by atoms with Gasteiger partial charge in [-0.15, -0.1) is 0 Å². The molecular weight excluding hydrogens is 272 g/mol. The largest absolute Gasteiger partial charge is 0.490 e. The monoisotopic (exact) mass is 294 g/mol. The molecule has 2 rings (SSSR count). The Morgan fingerprint density at radius 1 is 1.33 bits per heavy atom. The highest BCUT2D eigenvalue weighted by Crippen LogP contribution is 2.34. The van der Waals surface area contributed by atoms with Crippen LogP contribution in [0.1, 0.15) is 0 Å². The number of anilines is 1. The highest BCUT2D eigenvalue weighted by Gasteiger charge is 2.20. The van der Waals surface area contributed by atoms with Crippen LogP contribution in [0.5, 0.6) is 5.75 Å². The average molecular weight is 294 g/mol. The first kappa shape index (κ1) is 15.5. The molecular formula is C14H22N4O3. The normalized spacial score (nSPS) is 16.7. The van der Waals surface area contributed by atoms with Crippen LogP contribution >= 0.6 is 0 Å². The Morgan fingerprint density at radius 2 is 2.05 bits per heavy atom. The van der Waals surface area contributed by atoms with Gasteiger partial charge in [0.05, 0.1) is 12.0 Å². The van der Waals surface area contributed by atoms with E-state index >= 15 is 0 Å². The molecule has 0 atom stereocenters. The third-order valence-electron chi connectivity index (χ3n) is 3.74. The first-order valence-corrected chi connectivity index (χ1v) is 7.08. The molecule has 1 N–H and O–H groups in total. The van der Waals surface area contributed by atoms with Gasteiger partial charge in [0.25, 0.3) is 0 Å². The summed E-state index contributed by atoms with van der Waals surface area (Å²) in [6.07, 6.45) is 0. The van der Waals surface area contributed by atoms with Crippen LogP contribution in [0.3, 0.4) is 0 Å². The van der Waals surface area contributed by atoms with Crippen molar-refractivity contribution in [1.29, 1.82) is 0 Å². The third kappa shape index (κ3) is 4.05. The van der Waals surface area contributed by atoms with Crippen molar-refractivity contribution >= 4 is 11.4 Å². The second-order valence-electron chi connectivity index (χ2n) is 5.19. The summed E-state index contributed by atoms with van der Waals surface area (Å²) in [6.45, 7) is 5.77. The van der Waals surface area contributed by atoms with Crippen molar-refractivity contribution in [1.82, 2.24) is 9.80 Å². The lowest BCUT2D eigenvalue weighted by Gasteiger charge is -2.32. The predicted octanol–water partition coefficient (Wildman–Crippen LogP) is 1.26. The summed E-state index contributed by atoms with van der Waals surface area (Å²) in [4.78, 5) is 15.4. The first-order chi connectivity index (χ1) is 10.1. The Bertz CT molecular complexity index is 487. The van der Waals surface area contributed by atoms with Crippen molar-refractivity contribution in [2.45, 2.75) is 0 Å². The van der Waals surface area contributed by atoms with Crippen molar-refractivity contribution in [3.63, 3.8) is 0 Å². The van der Waals surface area contributed by atoms with Crippen molar-refractivity contribution < 1.29 is 9.66 Å². The van der Waals surface area contributed by atoms with Gasteiger partial charge >= 0.3 is 5.69 Å². The Morgan fingerprint density at radius 3 is 2.67 bits per heavy atom. The highest BCUT2D eigenvalue weighted by atomic mass is 16.6. The molecule has 7 heteroatoms. The zero-order valence-electron chi connectivity index (χ0n) is 12.5. The van der Waals surface area contributed by atoms with Gasteiger partial charge in [-0.3, -0.25) is 15.0 Å². The second-order valence-corrected chi connectivity index (χ2v) is 5.19. The van der Waals surface area contributed by atoms with Crippen LogP contribution in [-0.2, 0) is 0 Å². The van der Waals surface area contributed by atoms with Crippen LogP contribution in [0, 0.1) is 10.1 Å². The Hall–Kier alpha value is -1.86. The van der Waals surface area contributed by atoms with Crippen LogP contribution in [0.2, 0.25) is 0 Å². The molecule has 21 heavy (non-hydrogen) atoms. The molecule has 7 nitrogen and oxygen atoms in total. The molecule has 1 aliphatic rings. The summed E-state index contributed by atoms with van der Waals surface area (Å²) in [7, 11) is 3.56. The van der Waals surface area contributed by atoms with Crippen LogP contribution < -0.4 is 10.1 Å². The molecule has 0 radical (unpaired) electrons. The fourth-order valence-electron chi connectivity index (χ4n) is 2.44. The first-order valence-electron chi connectivity index (χ1n) is 7.08. The number of nitrogens with zero attached hydrogens (tertiary/aromatic N) is 3. The number of benzene rings is 1. The van der Waals surface area contributed by atoms with E-state index in [2.05, 4.69) is 22.2 Å². The number of rotatable bonds is 6. The number of para-hydroxylation sites is 1. The van der Waals surface area contributed by atoms with E-state index in [4.69, 9.17) is 4.74 Å². The van der Waals surface area contributed by atoms with Crippen molar-refractivity contribution in [3.05, 3.63) is 28.3 Å². The molecule has 0 aliphatic carbocycles. The van der Waals surface area contributed by atoms with E-state index in [9.17, 15) is 10.1 Å². The van der Waals surface area contributed by atoms with Crippen molar-refractivity contribution in [2.75, 3.05) is 58.7 Å². The topological polar surface area (TPSA) is 70.9 Å². The summed E-state index contributed by atoms with van der Waals surface area (Å²) in [5.74, 6) is 0.282. The maximum atomic E-state index is 11.2. The minimum atomic E-state index is -0.406. The van der Waals surface area contributed by atoms with Gasteiger partial charge < -0.3 is 15.0 Å². The summed E-state index contributed by atoms with van der Waals surface area (Å²) >= 11 is 0. The molecule has 1 aliphatic heterocycles. The fourth-order valence-corrected chi connectivity index (χ4v) is 2.44. The number of methoxy groups -OCH3 is 1. The van der Waals surface area contributed by atoms with Crippen LogP contribution in [-0.4, -0.2) is 68.1 Å². The number of hydrogen-bond donors (Lipinski definition) is 1. The van der Waals surface area contributed by atoms with Crippen molar-refractivity contribution in [2.24, 2.45) is 0 Å². The molecule has 1 fully saturated rings. The quantitative estimate of drug-likeness (QED) is 0.629. The van der Waals surface area contributed by atoms with Gasteiger partial charge in [-0.05, 0) is 19.2 Å².